The second-order valence-corrected chi connectivity index (χ2v) is 1.98. The van der Waals surface area contributed by atoms with Crippen molar-refractivity contribution in [3.63, 3.8) is 0 Å². The molecular formula is C5H9N3S. The fourth-order valence-corrected chi connectivity index (χ4v) is 0.478. The number of rotatable bonds is 1. The van der Waals surface area contributed by atoms with Crippen LogP contribution in [-0.2, 0) is 0 Å². The molecule has 3 nitrogen and oxygen atoms in total. The third kappa shape index (κ3) is 3.74. The molecular weight excluding hydrogens is 134 g/mol. The van der Waals surface area contributed by atoms with E-state index >= 15 is 0 Å². The molecule has 50 valence electrons. The van der Waals surface area contributed by atoms with Crippen LogP contribution in [-0.4, -0.2) is 18.2 Å². The van der Waals surface area contributed by atoms with E-state index in [9.17, 15) is 0 Å². The van der Waals surface area contributed by atoms with Gasteiger partial charge < -0.3 is 10.6 Å². The Morgan fingerprint density at radius 1 is 1.78 bits per heavy atom. The summed E-state index contributed by atoms with van der Waals surface area (Å²) in [5.74, 6) is 0. The maximum atomic E-state index is 8.28. The van der Waals surface area contributed by atoms with Gasteiger partial charge in [0.2, 0.25) is 0 Å². The summed E-state index contributed by atoms with van der Waals surface area (Å²) >= 11 is 4.72. The Labute approximate surface area is 60.1 Å². The number of thiocarbonyl (C=S) groups is 1. The van der Waals surface area contributed by atoms with Gasteiger partial charge in [0.05, 0.1) is 6.07 Å². The molecule has 0 aromatic heterocycles. The minimum Gasteiger partial charge on any atom is -0.366 e. The molecule has 4 heteroatoms. The minimum absolute atomic E-state index is 0.218. The van der Waals surface area contributed by atoms with Crippen molar-refractivity contribution in [2.45, 2.75) is 13.0 Å². The van der Waals surface area contributed by atoms with Crippen molar-refractivity contribution >= 4 is 17.3 Å². The zero-order valence-electron chi connectivity index (χ0n) is 5.43. The van der Waals surface area contributed by atoms with Gasteiger partial charge in [-0.3, -0.25) is 0 Å². The van der Waals surface area contributed by atoms with Gasteiger partial charge in [0.15, 0.2) is 5.11 Å². The Bertz CT molecular complexity index is 138. The zero-order chi connectivity index (χ0) is 7.28. The van der Waals surface area contributed by atoms with E-state index in [0.29, 0.717) is 5.11 Å². The second-order valence-electron chi connectivity index (χ2n) is 1.57. The molecule has 0 aliphatic rings. The third-order valence-electron chi connectivity index (χ3n) is 0.768. The highest BCUT2D eigenvalue weighted by atomic mass is 32.1. The highest BCUT2D eigenvalue weighted by Gasteiger charge is 1.97. The summed E-state index contributed by atoms with van der Waals surface area (Å²) in [6.45, 7) is 1.74. The fraction of sp³-hybridized carbons (Fsp3) is 0.600. The highest BCUT2D eigenvalue weighted by Crippen LogP contribution is 1.74. The number of hydrogen-bond acceptors (Lipinski definition) is 2. The Balaban J connectivity index is 3.50. The SMILES string of the molecule is CNC(=S)NC(C)C#N. The monoisotopic (exact) mass is 143 g/mol. The number of nitriles is 1. The molecule has 2 N–H and O–H groups in total. The first-order valence-corrected chi connectivity index (χ1v) is 2.99. The molecule has 0 saturated carbocycles. The van der Waals surface area contributed by atoms with Crippen LogP contribution in [0.2, 0.25) is 0 Å². The molecule has 0 aliphatic heterocycles. The van der Waals surface area contributed by atoms with Crippen LogP contribution in [0.3, 0.4) is 0 Å². The molecule has 1 unspecified atom stereocenters. The average molecular weight is 143 g/mol. The third-order valence-corrected chi connectivity index (χ3v) is 1.09. The topological polar surface area (TPSA) is 47.8 Å². The van der Waals surface area contributed by atoms with Crippen molar-refractivity contribution in [1.29, 1.82) is 5.26 Å². The lowest BCUT2D eigenvalue weighted by Gasteiger charge is -2.06. The van der Waals surface area contributed by atoms with Gasteiger partial charge in [0.25, 0.3) is 0 Å². The fourth-order valence-electron chi connectivity index (χ4n) is 0.301. The van der Waals surface area contributed by atoms with Crippen LogP contribution in [0.1, 0.15) is 6.92 Å². The van der Waals surface area contributed by atoms with Crippen molar-refractivity contribution in [3.8, 4) is 6.07 Å². The summed E-state index contributed by atoms with van der Waals surface area (Å²) < 4.78 is 0. The zero-order valence-corrected chi connectivity index (χ0v) is 6.25. The van der Waals surface area contributed by atoms with Crippen LogP contribution in [0, 0.1) is 11.3 Å². The second kappa shape index (κ2) is 4.10. The van der Waals surface area contributed by atoms with Gasteiger partial charge in [-0.15, -0.1) is 0 Å². The molecule has 0 bridgehead atoms. The quantitative estimate of drug-likeness (QED) is 0.507. The number of hydrogen-bond donors (Lipinski definition) is 2. The van der Waals surface area contributed by atoms with Crippen molar-refractivity contribution < 1.29 is 0 Å². The van der Waals surface area contributed by atoms with E-state index in [2.05, 4.69) is 10.6 Å². The molecule has 0 aliphatic carbocycles. The van der Waals surface area contributed by atoms with Gasteiger partial charge in [0.1, 0.15) is 6.04 Å². The molecule has 1 atom stereocenters. The molecule has 0 amide bonds. The van der Waals surface area contributed by atoms with E-state index in [1.165, 1.54) is 0 Å². The van der Waals surface area contributed by atoms with Crippen molar-refractivity contribution in [2.75, 3.05) is 7.05 Å². The highest BCUT2D eigenvalue weighted by molar-refractivity contribution is 7.80. The smallest absolute Gasteiger partial charge is 0.167 e. The van der Waals surface area contributed by atoms with Crippen LogP contribution in [0.25, 0.3) is 0 Å². The summed E-state index contributed by atoms with van der Waals surface area (Å²) in [6, 6.07) is 1.77. The summed E-state index contributed by atoms with van der Waals surface area (Å²) in [5, 5.41) is 14.2. The van der Waals surface area contributed by atoms with Gasteiger partial charge in [-0.05, 0) is 19.1 Å². The number of nitrogens with one attached hydrogen (secondary N) is 2. The largest absolute Gasteiger partial charge is 0.366 e. The van der Waals surface area contributed by atoms with Crippen molar-refractivity contribution in [2.24, 2.45) is 0 Å². The Hall–Kier alpha value is -0.820. The van der Waals surface area contributed by atoms with E-state index in [1.54, 1.807) is 14.0 Å². The Morgan fingerprint density at radius 2 is 2.33 bits per heavy atom. The van der Waals surface area contributed by atoms with E-state index in [1.807, 2.05) is 6.07 Å². The number of nitrogens with zero attached hydrogens (tertiary/aromatic N) is 1. The van der Waals surface area contributed by atoms with Crippen molar-refractivity contribution in [3.05, 3.63) is 0 Å². The van der Waals surface area contributed by atoms with Gasteiger partial charge in [-0.1, -0.05) is 0 Å². The van der Waals surface area contributed by atoms with Gasteiger partial charge in [0, 0.05) is 7.05 Å². The first-order valence-electron chi connectivity index (χ1n) is 2.58. The predicted octanol–water partition coefficient (Wildman–Crippen LogP) is -0.00762. The predicted molar refractivity (Wildman–Crippen MR) is 39.9 cm³/mol. The molecule has 0 saturated heterocycles. The molecule has 0 rings (SSSR count). The normalized spacial score (nSPS) is 11.2. The summed E-state index contributed by atoms with van der Waals surface area (Å²) in [4.78, 5) is 0. The molecule has 0 heterocycles. The van der Waals surface area contributed by atoms with Crippen LogP contribution in [0.5, 0.6) is 0 Å². The van der Waals surface area contributed by atoms with E-state index < -0.39 is 0 Å². The first-order chi connectivity index (χ1) is 4.20. The van der Waals surface area contributed by atoms with Crippen LogP contribution < -0.4 is 10.6 Å². The van der Waals surface area contributed by atoms with Crippen LogP contribution in [0.4, 0.5) is 0 Å². The molecule has 9 heavy (non-hydrogen) atoms. The molecule has 0 fully saturated rings. The molecule has 0 radical (unpaired) electrons. The van der Waals surface area contributed by atoms with Gasteiger partial charge in [-0.25, -0.2) is 0 Å². The first kappa shape index (κ1) is 8.18. The van der Waals surface area contributed by atoms with Crippen LogP contribution in [0.15, 0.2) is 0 Å². The Kier molecular flexibility index (Phi) is 3.72. The molecule has 0 aromatic carbocycles. The maximum Gasteiger partial charge on any atom is 0.167 e. The van der Waals surface area contributed by atoms with Gasteiger partial charge in [-0.2, -0.15) is 5.26 Å². The van der Waals surface area contributed by atoms with E-state index in [0.717, 1.165) is 0 Å². The maximum absolute atomic E-state index is 8.28. The lowest BCUT2D eigenvalue weighted by molar-refractivity contribution is 0.805. The van der Waals surface area contributed by atoms with Crippen molar-refractivity contribution in [1.82, 2.24) is 10.6 Å². The summed E-state index contributed by atoms with van der Waals surface area (Å²) in [6.07, 6.45) is 0. The molecule has 0 aromatic rings. The standard InChI is InChI=1S/C5H9N3S/c1-4(3-6)8-5(9)7-2/h4H,1-2H3,(H2,7,8,9). The molecule has 0 spiro atoms. The Morgan fingerprint density at radius 3 is 2.67 bits per heavy atom. The van der Waals surface area contributed by atoms with E-state index in [4.69, 9.17) is 17.5 Å². The van der Waals surface area contributed by atoms with Crippen LogP contribution >= 0.6 is 12.2 Å². The van der Waals surface area contributed by atoms with Gasteiger partial charge >= 0.3 is 0 Å². The lowest BCUT2D eigenvalue weighted by atomic mass is 10.4. The summed E-state index contributed by atoms with van der Waals surface area (Å²) in [7, 11) is 1.71. The minimum atomic E-state index is -0.218. The average Bonchev–Trinajstić information content (AvgIpc) is 1.87. The summed E-state index contributed by atoms with van der Waals surface area (Å²) in [5.41, 5.74) is 0. The lowest BCUT2D eigenvalue weighted by Crippen LogP contribution is -2.37. The van der Waals surface area contributed by atoms with E-state index in [-0.39, 0.29) is 6.04 Å².